The van der Waals surface area contributed by atoms with Crippen LogP contribution in [-0.4, -0.2) is 53.4 Å². The third-order valence-electron chi connectivity index (χ3n) is 6.61. The van der Waals surface area contributed by atoms with Crippen molar-refractivity contribution in [3.05, 3.63) is 72.0 Å². The SMILES string of the molecule is C=CC(=O)N1CCCCC1.COc1cnccc1-c1[nH]c2c(c1Nc1cccc(F)c1C)C(=O)NCC2. The van der Waals surface area contributed by atoms with E-state index in [1.165, 1.54) is 18.6 Å². The molecule has 0 bridgehead atoms. The fraction of sp³-hybridized carbons (Fsp3) is 0.321. The van der Waals surface area contributed by atoms with Crippen LogP contribution in [0, 0.1) is 12.7 Å². The summed E-state index contributed by atoms with van der Waals surface area (Å²) >= 11 is 0. The van der Waals surface area contributed by atoms with Gasteiger partial charge in [0.2, 0.25) is 5.91 Å². The fourth-order valence-electron chi connectivity index (χ4n) is 4.58. The molecule has 8 nitrogen and oxygen atoms in total. The molecular weight excluding hydrogens is 473 g/mol. The Kier molecular flexibility index (Phi) is 8.22. The van der Waals surface area contributed by atoms with Crippen molar-refractivity contribution in [1.29, 1.82) is 0 Å². The third-order valence-corrected chi connectivity index (χ3v) is 6.61. The number of amides is 2. The lowest BCUT2D eigenvalue weighted by molar-refractivity contribution is -0.126. The summed E-state index contributed by atoms with van der Waals surface area (Å²) < 4.78 is 19.4. The first-order valence-corrected chi connectivity index (χ1v) is 12.4. The summed E-state index contributed by atoms with van der Waals surface area (Å²) in [7, 11) is 1.57. The number of pyridine rings is 1. The molecular formula is C28H32FN5O3. The monoisotopic (exact) mass is 505 g/mol. The van der Waals surface area contributed by atoms with Gasteiger partial charge in [-0.05, 0) is 50.5 Å². The van der Waals surface area contributed by atoms with Crippen LogP contribution in [-0.2, 0) is 11.2 Å². The average Bonchev–Trinajstić information content (AvgIpc) is 3.31. The number of nitrogens with zero attached hydrogens (tertiary/aromatic N) is 2. The van der Waals surface area contributed by atoms with Gasteiger partial charge >= 0.3 is 0 Å². The number of hydrogen-bond acceptors (Lipinski definition) is 5. The standard InChI is InChI=1S/C20H19FN4O2.C8H13NO/c1-11-13(21)4-3-5-14(11)24-19-17-15(7-9-23-20(17)26)25-18(19)12-6-8-22-10-16(12)27-2;1-2-8(10)9-6-4-3-5-7-9/h3-6,8,10,24-25H,7,9H2,1-2H3,(H,23,26);2H,1,3-7H2. The number of carbonyl (C=O) groups is 2. The maximum atomic E-state index is 14.0. The first kappa shape index (κ1) is 25.9. The molecule has 9 heteroatoms. The molecule has 2 aliphatic rings. The number of aromatic nitrogens is 2. The second kappa shape index (κ2) is 11.7. The van der Waals surface area contributed by atoms with Crippen molar-refractivity contribution in [3.63, 3.8) is 0 Å². The number of benzene rings is 1. The van der Waals surface area contributed by atoms with E-state index in [1.54, 1.807) is 38.6 Å². The molecule has 0 spiro atoms. The van der Waals surface area contributed by atoms with Gasteiger partial charge in [0.15, 0.2) is 0 Å². The first-order chi connectivity index (χ1) is 17.9. The Morgan fingerprint density at radius 1 is 1.24 bits per heavy atom. The number of carbonyl (C=O) groups excluding carboxylic acids is 2. The van der Waals surface area contributed by atoms with Crippen molar-refractivity contribution < 1.29 is 18.7 Å². The molecule has 0 unspecified atom stereocenters. The van der Waals surface area contributed by atoms with E-state index < -0.39 is 0 Å². The van der Waals surface area contributed by atoms with E-state index in [0.29, 0.717) is 46.9 Å². The van der Waals surface area contributed by atoms with Crippen LogP contribution in [0.15, 0.2) is 49.3 Å². The van der Waals surface area contributed by atoms with Crippen molar-refractivity contribution in [1.82, 2.24) is 20.2 Å². The number of aromatic amines is 1. The normalized spacial score (nSPS) is 14.6. The molecule has 4 heterocycles. The zero-order valence-corrected chi connectivity index (χ0v) is 21.2. The van der Waals surface area contributed by atoms with E-state index >= 15 is 0 Å². The smallest absolute Gasteiger partial charge is 0.255 e. The van der Waals surface area contributed by atoms with Crippen molar-refractivity contribution in [2.75, 3.05) is 32.1 Å². The number of piperidine rings is 1. The summed E-state index contributed by atoms with van der Waals surface area (Å²) in [4.78, 5) is 32.8. The third kappa shape index (κ3) is 5.66. The Balaban J connectivity index is 0.000000270. The second-order valence-electron chi connectivity index (χ2n) is 8.94. The lowest BCUT2D eigenvalue weighted by Gasteiger charge is -2.25. The van der Waals surface area contributed by atoms with E-state index in [0.717, 1.165) is 37.2 Å². The maximum absolute atomic E-state index is 14.0. The highest BCUT2D eigenvalue weighted by atomic mass is 19.1. The lowest BCUT2D eigenvalue weighted by atomic mass is 10.0. The van der Waals surface area contributed by atoms with Gasteiger partial charge in [0, 0.05) is 54.8 Å². The quantitative estimate of drug-likeness (QED) is 0.435. The van der Waals surface area contributed by atoms with Crippen LogP contribution >= 0.6 is 0 Å². The van der Waals surface area contributed by atoms with Gasteiger partial charge < -0.3 is 25.3 Å². The van der Waals surface area contributed by atoms with Crippen molar-refractivity contribution >= 4 is 23.2 Å². The highest BCUT2D eigenvalue weighted by Gasteiger charge is 2.28. The van der Waals surface area contributed by atoms with E-state index in [1.807, 2.05) is 11.0 Å². The Morgan fingerprint density at radius 3 is 2.76 bits per heavy atom. The van der Waals surface area contributed by atoms with Gasteiger partial charge in [-0.1, -0.05) is 12.6 Å². The van der Waals surface area contributed by atoms with Crippen molar-refractivity contribution in [3.8, 4) is 17.0 Å². The van der Waals surface area contributed by atoms with Gasteiger partial charge in [0.25, 0.3) is 5.91 Å². The molecule has 2 aliphatic heterocycles. The van der Waals surface area contributed by atoms with E-state index in [4.69, 9.17) is 4.74 Å². The van der Waals surface area contributed by atoms with Crippen LogP contribution in [0.3, 0.4) is 0 Å². The summed E-state index contributed by atoms with van der Waals surface area (Å²) in [6, 6.07) is 6.65. The molecule has 2 aromatic heterocycles. The Morgan fingerprint density at radius 2 is 2.03 bits per heavy atom. The molecule has 3 N–H and O–H groups in total. The van der Waals surface area contributed by atoms with E-state index in [9.17, 15) is 14.0 Å². The predicted octanol–water partition coefficient (Wildman–Crippen LogP) is 4.75. The molecule has 5 rings (SSSR count). The molecule has 3 aromatic rings. The van der Waals surface area contributed by atoms with Gasteiger partial charge in [-0.15, -0.1) is 0 Å². The van der Waals surface area contributed by atoms with Crippen molar-refractivity contribution in [2.45, 2.75) is 32.6 Å². The minimum absolute atomic E-state index is 0.0831. The van der Waals surface area contributed by atoms with Gasteiger partial charge in [0.1, 0.15) is 11.6 Å². The molecule has 0 saturated carbocycles. The minimum Gasteiger partial charge on any atom is -0.494 e. The minimum atomic E-state index is -0.308. The highest BCUT2D eigenvalue weighted by molar-refractivity contribution is 6.06. The molecule has 0 aliphatic carbocycles. The van der Waals surface area contributed by atoms with Gasteiger partial charge in [-0.2, -0.15) is 0 Å². The second-order valence-corrected chi connectivity index (χ2v) is 8.94. The predicted molar refractivity (Wildman–Crippen MR) is 142 cm³/mol. The van der Waals surface area contributed by atoms with Crippen LogP contribution < -0.4 is 15.4 Å². The summed E-state index contributed by atoms with van der Waals surface area (Å²) in [6.45, 7) is 7.55. The summed E-state index contributed by atoms with van der Waals surface area (Å²) in [5.41, 5.74) is 4.54. The number of fused-ring (bicyclic) bond motifs is 1. The van der Waals surface area contributed by atoms with Gasteiger partial charge in [-0.3, -0.25) is 14.6 Å². The van der Waals surface area contributed by atoms with Crippen LogP contribution in [0.4, 0.5) is 15.8 Å². The van der Waals surface area contributed by atoms with Crippen LogP contribution in [0.1, 0.15) is 40.9 Å². The number of likely N-dealkylation sites (tertiary alicyclic amines) is 1. The number of methoxy groups -OCH3 is 1. The summed E-state index contributed by atoms with van der Waals surface area (Å²) in [5.74, 6) is 0.190. The Labute approximate surface area is 215 Å². The number of rotatable bonds is 5. The Bertz CT molecular complexity index is 1300. The molecule has 2 amide bonds. The molecule has 1 fully saturated rings. The van der Waals surface area contributed by atoms with Crippen LogP contribution in [0.25, 0.3) is 11.3 Å². The van der Waals surface area contributed by atoms with E-state index in [-0.39, 0.29) is 17.6 Å². The molecule has 1 aromatic carbocycles. The average molecular weight is 506 g/mol. The van der Waals surface area contributed by atoms with Gasteiger partial charge in [-0.25, -0.2) is 4.39 Å². The fourth-order valence-corrected chi connectivity index (χ4v) is 4.58. The van der Waals surface area contributed by atoms with Crippen molar-refractivity contribution in [2.24, 2.45) is 0 Å². The zero-order valence-electron chi connectivity index (χ0n) is 21.2. The molecule has 0 radical (unpaired) electrons. The van der Waals surface area contributed by atoms with Crippen LogP contribution in [0.2, 0.25) is 0 Å². The number of anilines is 2. The van der Waals surface area contributed by atoms with Crippen LogP contribution in [0.5, 0.6) is 5.75 Å². The zero-order chi connectivity index (χ0) is 26.4. The molecule has 37 heavy (non-hydrogen) atoms. The number of H-pyrrole nitrogens is 1. The van der Waals surface area contributed by atoms with Gasteiger partial charge in [0.05, 0.1) is 30.3 Å². The number of ether oxygens (including phenoxy) is 1. The number of hydrogen-bond donors (Lipinski definition) is 3. The molecule has 194 valence electrons. The maximum Gasteiger partial charge on any atom is 0.255 e. The van der Waals surface area contributed by atoms with E-state index in [2.05, 4.69) is 27.2 Å². The topological polar surface area (TPSA) is 99.3 Å². The highest BCUT2D eigenvalue weighted by Crippen LogP contribution is 2.40. The molecule has 1 saturated heterocycles. The number of nitrogens with one attached hydrogen (secondary N) is 3. The molecule has 0 atom stereocenters. The number of halogens is 1. The Hall–Kier alpha value is -4.14. The summed E-state index contributed by atoms with van der Waals surface area (Å²) in [5, 5.41) is 6.13. The first-order valence-electron chi connectivity index (χ1n) is 12.4. The lowest BCUT2D eigenvalue weighted by Crippen LogP contribution is -2.34. The summed E-state index contributed by atoms with van der Waals surface area (Å²) in [6.07, 6.45) is 8.93. The largest absolute Gasteiger partial charge is 0.494 e.